The average molecular weight is 283 g/mol. The van der Waals surface area contributed by atoms with E-state index in [2.05, 4.69) is 17.1 Å². The Balaban J connectivity index is 0.00000128. The summed E-state index contributed by atoms with van der Waals surface area (Å²) in [4.78, 5) is 2.67. The van der Waals surface area contributed by atoms with Crippen LogP contribution in [0.5, 0.6) is 0 Å². The lowest BCUT2D eigenvalue weighted by atomic mass is 9.98. The van der Waals surface area contributed by atoms with Gasteiger partial charge in [-0.25, -0.2) is 0 Å². The molecule has 2 fully saturated rings. The molecule has 0 aromatic rings. The quantitative estimate of drug-likeness (QED) is 0.856. The molecule has 2 unspecified atom stereocenters. The van der Waals surface area contributed by atoms with Gasteiger partial charge in [-0.15, -0.1) is 24.8 Å². The average Bonchev–Trinajstić information content (AvgIpc) is 2.28. The number of rotatable bonds is 3. The summed E-state index contributed by atoms with van der Waals surface area (Å²) >= 11 is 0. The molecule has 2 aliphatic rings. The van der Waals surface area contributed by atoms with E-state index in [9.17, 15) is 0 Å². The fraction of sp³-hybridized carbons (Fsp3) is 1.00. The van der Waals surface area contributed by atoms with Gasteiger partial charge in [0.15, 0.2) is 0 Å². The van der Waals surface area contributed by atoms with E-state index >= 15 is 0 Å². The molecule has 17 heavy (non-hydrogen) atoms. The molecule has 2 aliphatic heterocycles. The van der Waals surface area contributed by atoms with Crippen molar-refractivity contribution in [3.05, 3.63) is 0 Å². The van der Waals surface area contributed by atoms with E-state index in [1.807, 2.05) is 0 Å². The van der Waals surface area contributed by atoms with Gasteiger partial charge >= 0.3 is 0 Å². The van der Waals surface area contributed by atoms with Crippen molar-refractivity contribution in [1.29, 1.82) is 0 Å². The first kappa shape index (κ1) is 17.5. The molecule has 0 radical (unpaired) electrons. The van der Waals surface area contributed by atoms with Gasteiger partial charge in [0.2, 0.25) is 0 Å². The second-order valence-electron chi connectivity index (χ2n) is 5.48. The molecule has 2 saturated heterocycles. The highest BCUT2D eigenvalue weighted by Gasteiger charge is 2.18. The molecule has 4 heteroatoms. The lowest BCUT2D eigenvalue weighted by molar-refractivity contribution is 0.172. The van der Waals surface area contributed by atoms with Crippen LogP contribution in [0.4, 0.5) is 0 Å². The number of piperidine rings is 2. The van der Waals surface area contributed by atoms with Crippen LogP contribution in [0.25, 0.3) is 0 Å². The van der Waals surface area contributed by atoms with Crippen LogP contribution in [0, 0.1) is 5.92 Å². The topological polar surface area (TPSA) is 15.3 Å². The molecule has 0 aromatic heterocycles. The summed E-state index contributed by atoms with van der Waals surface area (Å²) in [6, 6.07) is 0.816. The monoisotopic (exact) mass is 282 g/mol. The van der Waals surface area contributed by atoms with Crippen molar-refractivity contribution in [3.8, 4) is 0 Å². The molecule has 104 valence electrons. The van der Waals surface area contributed by atoms with Gasteiger partial charge < -0.3 is 10.2 Å². The van der Waals surface area contributed by atoms with Crippen LogP contribution < -0.4 is 5.32 Å². The second-order valence-corrected chi connectivity index (χ2v) is 5.48. The SMILES string of the molecule is CC1CCCN(CCC2CCCCN2)C1.Cl.Cl. The third-order valence-electron chi connectivity index (χ3n) is 3.95. The van der Waals surface area contributed by atoms with Gasteiger partial charge in [-0.2, -0.15) is 0 Å². The van der Waals surface area contributed by atoms with E-state index in [1.165, 1.54) is 64.7 Å². The smallest absolute Gasteiger partial charge is 0.00792 e. The predicted octanol–water partition coefficient (Wildman–Crippen LogP) is 3.09. The number of nitrogens with one attached hydrogen (secondary N) is 1. The van der Waals surface area contributed by atoms with Crippen LogP contribution in [-0.2, 0) is 0 Å². The van der Waals surface area contributed by atoms with Gasteiger partial charge in [0.05, 0.1) is 0 Å². The molecule has 0 amide bonds. The first-order chi connectivity index (χ1) is 7.34. The Morgan fingerprint density at radius 1 is 1.12 bits per heavy atom. The number of nitrogens with zero attached hydrogens (tertiary/aromatic N) is 1. The predicted molar refractivity (Wildman–Crippen MR) is 79.6 cm³/mol. The maximum atomic E-state index is 3.64. The summed E-state index contributed by atoms with van der Waals surface area (Å²) in [6.45, 7) is 7.65. The van der Waals surface area contributed by atoms with Gasteiger partial charge in [0.25, 0.3) is 0 Å². The lowest BCUT2D eigenvalue weighted by Crippen LogP contribution is -2.40. The minimum absolute atomic E-state index is 0. The van der Waals surface area contributed by atoms with Gasteiger partial charge in [-0.1, -0.05) is 13.3 Å². The Hall–Kier alpha value is 0.500. The van der Waals surface area contributed by atoms with Crippen LogP contribution in [0.15, 0.2) is 0 Å². The molecule has 1 N–H and O–H groups in total. The lowest BCUT2D eigenvalue weighted by Gasteiger charge is -2.32. The maximum Gasteiger partial charge on any atom is 0.00792 e. The molecule has 2 atom stereocenters. The van der Waals surface area contributed by atoms with E-state index in [0.29, 0.717) is 0 Å². The minimum Gasteiger partial charge on any atom is -0.314 e. The first-order valence-corrected chi connectivity index (χ1v) is 6.80. The standard InChI is InChI=1S/C13H26N2.2ClH/c1-12-5-4-9-15(11-12)10-7-13-6-2-3-8-14-13;;/h12-14H,2-11H2,1H3;2*1H. The summed E-state index contributed by atoms with van der Waals surface area (Å²) < 4.78 is 0. The third kappa shape index (κ3) is 6.28. The van der Waals surface area contributed by atoms with Crippen molar-refractivity contribution in [1.82, 2.24) is 10.2 Å². The van der Waals surface area contributed by atoms with Crippen molar-refractivity contribution in [2.75, 3.05) is 26.2 Å². The van der Waals surface area contributed by atoms with Crippen LogP contribution in [0.1, 0.15) is 45.4 Å². The highest BCUT2D eigenvalue weighted by atomic mass is 35.5. The molecular weight excluding hydrogens is 255 g/mol. The van der Waals surface area contributed by atoms with Crippen molar-refractivity contribution in [2.45, 2.75) is 51.5 Å². The molecule has 0 saturated carbocycles. The molecule has 0 spiro atoms. The van der Waals surface area contributed by atoms with E-state index in [1.54, 1.807) is 0 Å². The van der Waals surface area contributed by atoms with E-state index in [-0.39, 0.29) is 24.8 Å². The van der Waals surface area contributed by atoms with Crippen molar-refractivity contribution < 1.29 is 0 Å². The van der Waals surface area contributed by atoms with Gasteiger partial charge in [-0.05, 0) is 57.7 Å². The van der Waals surface area contributed by atoms with E-state index in [4.69, 9.17) is 0 Å². The molecular formula is C13H28Cl2N2. The second kappa shape index (κ2) is 9.43. The molecule has 0 aromatic carbocycles. The highest BCUT2D eigenvalue weighted by molar-refractivity contribution is 5.85. The fourth-order valence-corrected chi connectivity index (χ4v) is 3.00. The van der Waals surface area contributed by atoms with Crippen molar-refractivity contribution in [3.63, 3.8) is 0 Å². The highest BCUT2D eigenvalue weighted by Crippen LogP contribution is 2.17. The van der Waals surface area contributed by atoms with Crippen molar-refractivity contribution >= 4 is 24.8 Å². The zero-order chi connectivity index (χ0) is 10.5. The number of hydrogen-bond acceptors (Lipinski definition) is 2. The summed E-state index contributed by atoms with van der Waals surface area (Å²) in [7, 11) is 0. The Kier molecular flexibility index (Phi) is 9.71. The van der Waals surface area contributed by atoms with Gasteiger partial charge in [0, 0.05) is 12.6 Å². The van der Waals surface area contributed by atoms with Crippen molar-refractivity contribution in [2.24, 2.45) is 5.92 Å². The Morgan fingerprint density at radius 2 is 1.94 bits per heavy atom. The maximum absolute atomic E-state index is 3.64. The number of likely N-dealkylation sites (tertiary alicyclic amines) is 1. The first-order valence-electron chi connectivity index (χ1n) is 6.80. The minimum atomic E-state index is 0. The Morgan fingerprint density at radius 3 is 2.59 bits per heavy atom. The third-order valence-corrected chi connectivity index (χ3v) is 3.95. The Labute approximate surface area is 119 Å². The van der Waals surface area contributed by atoms with Gasteiger partial charge in [-0.3, -0.25) is 0 Å². The van der Waals surface area contributed by atoms with E-state index in [0.717, 1.165) is 12.0 Å². The van der Waals surface area contributed by atoms with Gasteiger partial charge in [0.1, 0.15) is 0 Å². The largest absolute Gasteiger partial charge is 0.314 e. The molecule has 2 rings (SSSR count). The number of halogens is 2. The summed E-state index contributed by atoms with van der Waals surface area (Å²) in [6.07, 6.45) is 8.46. The van der Waals surface area contributed by atoms with Crippen LogP contribution in [0.3, 0.4) is 0 Å². The summed E-state index contributed by atoms with van der Waals surface area (Å²) in [5.41, 5.74) is 0. The van der Waals surface area contributed by atoms with Crippen LogP contribution >= 0.6 is 24.8 Å². The zero-order valence-corrected chi connectivity index (χ0v) is 12.6. The molecule has 0 bridgehead atoms. The fourth-order valence-electron chi connectivity index (χ4n) is 3.00. The summed E-state index contributed by atoms with van der Waals surface area (Å²) in [5, 5.41) is 3.64. The van der Waals surface area contributed by atoms with Crippen LogP contribution in [-0.4, -0.2) is 37.1 Å². The Bertz CT molecular complexity index is 184. The van der Waals surface area contributed by atoms with Crippen LogP contribution in [0.2, 0.25) is 0 Å². The molecule has 0 aliphatic carbocycles. The molecule has 2 nitrogen and oxygen atoms in total. The summed E-state index contributed by atoms with van der Waals surface area (Å²) in [5.74, 6) is 0.929. The molecule has 2 heterocycles. The number of hydrogen-bond donors (Lipinski definition) is 1. The zero-order valence-electron chi connectivity index (χ0n) is 11.0. The van der Waals surface area contributed by atoms with E-state index < -0.39 is 0 Å². The normalized spacial score (nSPS) is 30.2.